The molecule has 0 heterocycles. The van der Waals surface area contributed by atoms with Crippen LogP contribution in [0.1, 0.15) is 19.8 Å². The zero-order valence-corrected chi connectivity index (χ0v) is 10.2. The molecule has 3 N–H and O–H groups in total. The van der Waals surface area contributed by atoms with E-state index in [4.69, 9.17) is 10.2 Å². The lowest BCUT2D eigenvalue weighted by Gasteiger charge is -2.23. The summed E-state index contributed by atoms with van der Waals surface area (Å²) in [6, 6.07) is 0. The molecule has 0 aliphatic heterocycles. The van der Waals surface area contributed by atoms with E-state index in [0.717, 1.165) is 19.3 Å². The van der Waals surface area contributed by atoms with E-state index in [-0.39, 0.29) is 0 Å². The summed E-state index contributed by atoms with van der Waals surface area (Å²) in [6.07, 6.45) is 3.39. The standard InChI is InChI=1S/C9H24N2OSi/c1-4-5-8-12-13(2,3)9-11-7-6-10/h11H,4-10H2,1-3H3. The second-order valence-corrected chi connectivity index (χ2v) is 8.09. The number of unbranched alkanes of at least 4 members (excludes halogenated alkanes) is 1. The van der Waals surface area contributed by atoms with E-state index in [1.807, 2.05) is 0 Å². The molecule has 0 amide bonds. The SMILES string of the molecule is CCCCO[Si](C)(C)CNCCN. The first kappa shape index (κ1) is 13.1. The quantitative estimate of drug-likeness (QED) is 0.460. The number of nitrogens with one attached hydrogen (secondary N) is 1. The highest BCUT2D eigenvalue weighted by Crippen LogP contribution is 2.03. The third-order valence-electron chi connectivity index (χ3n) is 1.86. The van der Waals surface area contributed by atoms with E-state index in [0.29, 0.717) is 6.54 Å². The second kappa shape index (κ2) is 7.50. The van der Waals surface area contributed by atoms with E-state index >= 15 is 0 Å². The predicted molar refractivity (Wildman–Crippen MR) is 60.3 cm³/mol. The van der Waals surface area contributed by atoms with Crippen LogP contribution in [0.3, 0.4) is 0 Å². The lowest BCUT2D eigenvalue weighted by atomic mass is 10.4. The van der Waals surface area contributed by atoms with Gasteiger partial charge in [0, 0.05) is 25.9 Å². The van der Waals surface area contributed by atoms with Crippen molar-refractivity contribution in [2.24, 2.45) is 5.73 Å². The van der Waals surface area contributed by atoms with Gasteiger partial charge in [-0.2, -0.15) is 0 Å². The van der Waals surface area contributed by atoms with Crippen LogP contribution in [0.2, 0.25) is 13.1 Å². The van der Waals surface area contributed by atoms with Gasteiger partial charge in [0.05, 0.1) is 0 Å². The topological polar surface area (TPSA) is 47.3 Å². The summed E-state index contributed by atoms with van der Waals surface area (Å²) in [7, 11) is -1.44. The van der Waals surface area contributed by atoms with Gasteiger partial charge in [-0.05, 0) is 19.5 Å². The van der Waals surface area contributed by atoms with Crippen LogP contribution in [0.5, 0.6) is 0 Å². The number of hydrogen-bond donors (Lipinski definition) is 2. The fourth-order valence-electron chi connectivity index (χ4n) is 1.04. The van der Waals surface area contributed by atoms with Gasteiger partial charge in [0.1, 0.15) is 0 Å². The highest BCUT2D eigenvalue weighted by atomic mass is 28.4. The summed E-state index contributed by atoms with van der Waals surface area (Å²) >= 11 is 0. The van der Waals surface area contributed by atoms with Crippen LogP contribution in [0.25, 0.3) is 0 Å². The second-order valence-electron chi connectivity index (χ2n) is 3.93. The van der Waals surface area contributed by atoms with Gasteiger partial charge in [-0.25, -0.2) is 0 Å². The molecule has 0 fully saturated rings. The molecular weight excluding hydrogens is 180 g/mol. The average Bonchev–Trinajstić information content (AvgIpc) is 2.05. The molecule has 13 heavy (non-hydrogen) atoms. The maximum Gasteiger partial charge on any atom is 0.200 e. The van der Waals surface area contributed by atoms with Crippen molar-refractivity contribution in [2.45, 2.75) is 32.9 Å². The molecule has 80 valence electrons. The minimum absolute atomic E-state index is 0.708. The first-order valence-electron chi connectivity index (χ1n) is 5.17. The molecule has 0 rings (SSSR count). The van der Waals surface area contributed by atoms with Crippen LogP contribution >= 0.6 is 0 Å². The Morgan fingerprint density at radius 3 is 2.62 bits per heavy atom. The Hall–Kier alpha value is 0.0969. The largest absolute Gasteiger partial charge is 0.416 e. The maximum absolute atomic E-state index is 5.85. The van der Waals surface area contributed by atoms with Crippen LogP contribution < -0.4 is 11.1 Å². The van der Waals surface area contributed by atoms with E-state index in [9.17, 15) is 0 Å². The Bertz CT molecular complexity index is 108. The predicted octanol–water partition coefficient (Wildman–Crippen LogP) is 1.10. The molecule has 0 saturated carbocycles. The van der Waals surface area contributed by atoms with Crippen LogP contribution in [-0.2, 0) is 4.43 Å². The Kier molecular flexibility index (Phi) is 7.55. The fourth-order valence-corrected chi connectivity index (χ4v) is 2.61. The molecule has 0 spiro atoms. The highest BCUT2D eigenvalue weighted by Gasteiger charge is 2.20. The third-order valence-corrected chi connectivity index (χ3v) is 3.95. The van der Waals surface area contributed by atoms with Gasteiger partial charge < -0.3 is 15.5 Å². The van der Waals surface area contributed by atoms with Gasteiger partial charge in [-0.1, -0.05) is 13.3 Å². The highest BCUT2D eigenvalue weighted by molar-refractivity contribution is 6.71. The molecule has 0 aliphatic carbocycles. The molecule has 0 aromatic carbocycles. The lowest BCUT2D eigenvalue weighted by molar-refractivity contribution is 0.297. The molecule has 0 radical (unpaired) electrons. The molecule has 0 unspecified atom stereocenters. The van der Waals surface area contributed by atoms with Crippen molar-refractivity contribution in [2.75, 3.05) is 25.9 Å². The molecule has 0 saturated heterocycles. The zero-order valence-electron chi connectivity index (χ0n) is 9.23. The number of hydrogen-bond acceptors (Lipinski definition) is 3. The molecule has 0 bridgehead atoms. The monoisotopic (exact) mass is 204 g/mol. The Morgan fingerprint density at radius 2 is 2.08 bits per heavy atom. The van der Waals surface area contributed by atoms with Gasteiger partial charge in [0.25, 0.3) is 0 Å². The van der Waals surface area contributed by atoms with Crippen LogP contribution in [0.15, 0.2) is 0 Å². The molecule has 0 aromatic heterocycles. The summed E-state index contributed by atoms with van der Waals surface area (Å²) in [6.45, 7) is 9.19. The van der Waals surface area contributed by atoms with E-state index < -0.39 is 8.32 Å². The molecule has 3 nitrogen and oxygen atoms in total. The summed E-state index contributed by atoms with van der Waals surface area (Å²) in [5, 5.41) is 3.31. The summed E-state index contributed by atoms with van der Waals surface area (Å²) in [5.41, 5.74) is 5.39. The van der Waals surface area contributed by atoms with Crippen LogP contribution in [0.4, 0.5) is 0 Å². The minimum atomic E-state index is -1.44. The van der Waals surface area contributed by atoms with Crippen molar-refractivity contribution in [3.05, 3.63) is 0 Å². The smallest absolute Gasteiger partial charge is 0.200 e. The molecular formula is C9H24N2OSi. The van der Waals surface area contributed by atoms with Gasteiger partial charge in [0.15, 0.2) is 8.32 Å². The van der Waals surface area contributed by atoms with E-state index in [2.05, 4.69) is 25.3 Å². The minimum Gasteiger partial charge on any atom is -0.416 e. The Morgan fingerprint density at radius 1 is 1.38 bits per heavy atom. The van der Waals surface area contributed by atoms with Crippen molar-refractivity contribution in [3.63, 3.8) is 0 Å². The first-order chi connectivity index (χ1) is 6.12. The van der Waals surface area contributed by atoms with Gasteiger partial charge in [-0.15, -0.1) is 0 Å². The zero-order chi connectivity index (χ0) is 10.2. The summed E-state index contributed by atoms with van der Waals surface area (Å²) in [4.78, 5) is 0. The van der Waals surface area contributed by atoms with Crippen molar-refractivity contribution < 1.29 is 4.43 Å². The maximum atomic E-state index is 5.85. The lowest BCUT2D eigenvalue weighted by Crippen LogP contribution is -2.44. The van der Waals surface area contributed by atoms with Crippen molar-refractivity contribution in [1.82, 2.24) is 5.32 Å². The van der Waals surface area contributed by atoms with Crippen molar-refractivity contribution in [3.8, 4) is 0 Å². The molecule has 0 atom stereocenters. The molecule has 0 aliphatic rings. The van der Waals surface area contributed by atoms with Crippen LogP contribution in [0, 0.1) is 0 Å². The number of nitrogens with two attached hydrogens (primary N) is 1. The van der Waals surface area contributed by atoms with Crippen molar-refractivity contribution >= 4 is 8.32 Å². The average molecular weight is 204 g/mol. The summed E-state index contributed by atoms with van der Waals surface area (Å²) in [5.74, 6) is 0. The third kappa shape index (κ3) is 8.43. The first-order valence-corrected chi connectivity index (χ1v) is 8.28. The van der Waals surface area contributed by atoms with Crippen molar-refractivity contribution in [1.29, 1.82) is 0 Å². The Labute approximate surface area is 83.2 Å². The van der Waals surface area contributed by atoms with E-state index in [1.54, 1.807) is 0 Å². The summed E-state index contributed by atoms with van der Waals surface area (Å²) < 4.78 is 5.85. The fraction of sp³-hybridized carbons (Fsp3) is 1.00. The number of rotatable bonds is 8. The van der Waals surface area contributed by atoms with Crippen LogP contribution in [-0.4, -0.2) is 34.2 Å². The normalized spacial score (nSPS) is 12.0. The Balaban J connectivity index is 3.42. The van der Waals surface area contributed by atoms with Gasteiger partial charge in [0.2, 0.25) is 0 Å². The molecule has 4 heteroatoms. The van der Waals surface area contributed by atoms with Gasteiger partial charge in [-0.3, -0.25) is 0 Å². The van der Waals surface area contributed by atoms with E-state index in [1.165, 1.54) is 12.8 Å². The molecule has 0 aromatic rings. The van der Waals surface area contributed by atoms with Gasteiger partial charge >= 0.3 is 0 Å².